The minimum absolute atomic E-state index is 0.000189. The number of nitrogens with one attached hydrogen (secondary N) is 2. The van der Waals surface area contributed by atoms with Gasteiger partial charge in [0.15, 0.2) is 11.5 Å². The van der Waals surface area contributed by atoms with Crippen LogP contribution in [0.2, 0.25) is 5.02 Å². The summed E-state index contributed by atoms with van der Waals surface area (Å²) in [4.78, 5) is 27.1. The smallest absolute Gasteiger partial charge is 0.238 e. The zero-order chi connectivity index (χ0) is 22.4. The summed E-state index contributed by atoms with van der Waals surface area (Å²) in [7, 11) is 3.12. The van der Waals surface area contributed by atoms with Crippen LogP contribution < -0.4 is 20.1 Å². The Morgan fingerprint density at radius 2 is 1.74 bits per heavy atom. The first-order chi connectivity index (χ1) is 14.9. The van der Waals surface area contributed by atoms with Crippen LogP contribution in [-0.4, -0.2) is 50.6 Å². The number of aryl methyl sites for hydroxylation is 1. The number of benzene rings is 2. The molecule has 7 nitrogen and oxygen atoms in total. The van der Waals surface area contributed by atoms with Gasteiger partial charge in [0, 0.05) is 28.4 Å². The summed E-state index contributed by atoms with van der Waals surface area (Å²) in [5.74, 6) is 0.976. The molecule has 0 spiro atoms. The average Bonchev–Trinajstić information content (AvgIpc) is 2.76. The van der Waals surface area contributed by atoms with Crippen molar-refractivity contribution in [3.05, 3.63) is 47.0 Å². The zero-order valence-electron chi connectivity index (χ0n) is 18.0. The van der Waals surface area contributed by atoms with Crippen molar-refractivity contribution >= 4 is 34.8 Å². The highest BCUT2D eigenvalue weighted by atomic mass is 35.5. The third-order valence-electron chi connectivity index (χ3n) is 5.45. The van der Waals surface area contributed by atoms with Crippen LogP contribution >= 0.6 is 11.6 Å². The largest absolute Gasteiger partial charge is 0.493 e. The molecule has 1 heterocycles. The molecule has 1 aliphatic heterocycles. The highest BCUT2D eigenvalue weighted by Gasteiger charge is 2.26. The van der Waals surface area contributed by atoms with E-state index in [-0.39, 0.29) is 24.3 Å². The lowest BCUT2D eigenvalue weighted by molar-refractivity contribution is -0.121. The van der Waals surface area contributed by atoms with Gasteiger partial charge in [-0.3, -0.25) is 14.5 Å². The molecule has 166 valence electrons. The number of anilines is 2. The van der Waals surface area contributed by atoms with Gasteiger partial charge in [-0.1, -0.05) is 17.7 Å². The standard InChI is InChI=1S/C23H28ClN3O4/c1-15-4-5-17(24)12-19(15)26-23(29)16-8-10-27(11-9-16)14-22(28)25-18-6-7-20(30-2)21(13-18)31-3/h4-7,12-13,16H,8-11,14H2,1-3H3,(H,25,28)(H,26,29). The molecule has 2 aromatic carbocycles. The van der Waals surface area contributed by atoms with Gasteiger partial charge in [-0.15, -0.1) is 0 Å². The Labute approximate surface area is 187 Å². The first-order valence-electron chi connectivity index (χ1n) is 10.2. The Balaban J connectivity index is 1.48. The summed E-state index contributed by atoms with van der Waals surface area (Å²) in [6.45, 7) is 3.58. The van der Waals surface area contributed by atoms with E-state index in [2.05, 4.69) is 15.5 Å². The van der Waals surface area contributed by atoms with Crippen LogP contribution in [0.4, 0.5) is 11.4 Å². The molecule has 1 fully saturated rings. The molecule has 2 amide bonds. The second kappa shape index (κ2) is 10.5. The minimum atomic E-state index is -0.107. The van der Waals surface area contributed by atoms with Gasteiger partial charge in [-0.25, -0.2) is 0 Å². The van der Waals surface area contributed by atoms with Crippen molar-refractivity contribution in [1.29, 1.82) is 0 Å². The van der Waals surface area contributed by atoms with Crippen LogP contribution in [0.25, 0.3) is 0 Å². The first-order valence-corrected chi connectivity index (χ1v) is 10.6. The summed E-state index contributed by atoms with van der Waals surface area (Å²) < 4.78 is 10.5. The molecule has 2 N–H and O–H groups in total. The van der Waals surface area contributed by atoms with E-state index >= 15 is 0 Å². The third-order valence-corrected chi connectivity index (χ3v) is 5.69. The lowest BCUT2D eigenvalue weighted by atomic mass is 9.95. The highest BCUT2D eigenvalue weighted by molar-refractivity contribution is 6.31. The lowest BCUT2D eigenvalue weighted by Crippen LogP contribution is -2.41. The Morgan fingerprint density at radius 1 is 1.03 bits per heavy atom. The molecule has 31 heavy (non-hydrogen) atoms. The fourth-order valence-corrected chi connectivity index (χ4v) is 3.81. The van der Waals surface area contributed by atoms with Gasteiger partial charge < -0.3 is 20.1 Å². The molecule has 0 aliphatic carbocycles. The van der Waals surface area contributed by atoms with E-state index in [1.165, 1.54) is 0 Å². The number of carbonyl (C=O) groups is 2. The molecule has 2 aromatic rings. The van der Waals surface area contributed by atoms with Gasteiger partial charge in [0.25, 0.3) is 0 Å². The Morgan fingerprint density at radius 3 is 2.42 bits per heavy atom. The predicted molar refractivity (Wildman–Crippen MR) is 122 cm³/mol. The fraction of sp³-hybridized carbons (Fsp3) is 0.391. The van der Waals surface area contributed by atoms with Crippen LogP contribution in [0, 0.1) is 12.8 Å². The van der Waals surface area contributed by atoms with Gasteiger partial charge in [0.1, 0.15) is 0 Å². The van der Waals surface area contributed by atoms with E-state index in [0.717, 1.165) is 11.3 Å². The monoisotopic (exact) mass is 445 g/mol. The van der Waals surface area contributed by atoms with Gasteiger partial charge in [0.2, 0.25) is 11.8 Å². The summed E-state index contributed by atoms with van der Waals surface area (Å²) in [6.07, 6.45) is 1.41. The molecule has 1 saturated heterocycles. The minimum Gasteiger partial charge on any atom is -0.493 e. The molecule has 0 radical (unpaired) electrons. The van der Waals surface area contributed by atoms with Gasteiger partial charge in [-0.2, -0.15) is 0 Å². The van der Waals surface area contributed by atoms with Crippen LogP contribution in [0.3, 0.4) is 0 Å². The fourth-order valence-electron chi connectivity index (χ4n) is 3.63. The number of ether oxygens (including phenoxy) is 2. The van der Waals surface area contributed by atoms with E-state index < -0.39 is 0 Å². The SMILES string of the molecule is COc1ccc(NC(=O)CN2CCC(C(=O)Nc3cc(Cl)ccc3C)CC2)cc1OC. The molecule has 0 unspecified atom stereocenters. The van der Waals surface area contributed by atoms with E-state index in [0.29, 0.717) is 48.1 Å². The Bertz CT molecular complexity index is 942. The van der Waals surface area contributed by atoms with Crippen LogP contribution in [0.15, 0.2) is 36.4 Å². The van der Waals surface area contributed by atoms with Gasteiger partial charge in [0.05, 0.1) is 20.8 Å². The normalized spacial score (nSPS) is 14.7. The Hall–Kier alpha value is -2.77. The number of hydrogen-bond acceptors (Lipinski definition) is 5. The molecule has 0 saturated carbocycles. The van der Waals surface area contributed by atoms with E-state index in [9.17, 15) is 9.59 Å². The maximum Gasteiger partial charge on any atom is 0.238 e. The van der Waals surface area contributed by atoms with Gasteiger partial charge >= 0.3 is 0 Å². The quantitative estimate of drug-likeness (QED) is 0.674. The molecule has 0 aromatic heterocycles. The highest BCUT2D eigenvalue weighted by Crippen LogP contribution is 2.30. The summed E-state index contributed by atoms with van der Waals surface area (Å²) >= 11 is 6.03. The average molecular weight is 446 g/mol. The molecule has 0 atom stereocenters. The number of piperidine rings is 1. The van der Waals surface area contributed by atoms with Crippen LogP contribution in [0.5, 0.6) is 11.5 Å². The van der Waals surface area contributed by atoms with Crippen LogP contribution in [0.1, 0.15) is 18.4 Å². The predicted octanol–water partition coefficient (Wildman–Crippen LogP) is 3.95. The second-order valence-corrected chi connectivity index (χ2v) is 8.05. The lowest BCUT2D eigenvalue weighted by Gasteiger charge is -2.30. The van der Waals surface area contributed by atoms with E-state index in [4.69, 9.17) is 21.1 Å². The number of carbonyl (C=O) groups excluding carboxylic acids is 2. The molecule has 1 aliphatic rings. The van der Waals surface area contributed by atoms with E-state index in [1.54, 1.807) is 44.6 Å². The number of likely N-dealkylation sites (tertiary alicyclic amines) is 1. The topological polar surface area (TPSA) is 79.9 Å². The van der Waals surface area contributed by atoms with Gasteiger partial charge in [-0.05, 0) is 62.7 Å². The van der Waals surface area contributed by atoms with Crippen molar-refractivity contribution in [3.63, 3.8) is 0 Å². The maximum atomic E-state index is 12.6. The number of methoxy groups -OCH3 is 2. The number of rotatable bonds is 7. The number of halogens is 1. The zero-order valence-corrected chi connectivity index (χ0v) is 18.8. The number of amides is 2. The molecular weight excluding hydrogens is 418 g/mol. The summed E-state index contributed by atoms with van der Waals surface area (Å²) in [5.41, 5.74) is 2.37. The van der Waals surface area contributed by atoms with Crippen LogP contribution in [-0.2, 0) is 9.59 Å². The third kappa shape index (κ3) is 6.12. The van der Waals surface area contributed by atoms with E-state index in [1.807, 2.05) is 13.0 Å². The van der Waals surface area contributed by atoms with Crippen molar-refractivity contribution in [3.8, 4) is 11.5 Å². The molecule has 8 heteroatoms. The summed E-state index contributed by atoms with van der Waals surface area (Å²) in [6, 6.07) is 10.7. The first kappa shape index (κ1) is 22.9. The summed E-state index contributed by atoms with van der Waals surface area (Å²) in [5, 5.41) is 6.47. The molecular formula is C23H28ClN3O4. The van der Waals surface area contributed by atoms with Crippen molar-refractivity contribution < 1.29 is 19.1 Å². The molecule has 0 bridgehead atoms. The maximum absolute atomic E-state index is 12.6. The van der Waals surface area contributed by atoms with Crippen molar-refractivity contribution in [2.75, 3.05) is 44.5 Å². The van der Waals surface area contributed by atoms with Crippen molar-refractivity contribution in [2.45, 2.75) is 19.8 Å². The van der Waals surface area contributed by atoms with Crippen molar-refractivity contribution in [1.82, 2.24) is 4.90 Å². The Kier molecular flexibility index (Phi) is 7.76. The van der Waals surface area contributed by atoms with Crippen molar-refractivity contribution in [2.24, 2.45) is 5.92 Å². The number of hydrogen-bond donors (Lipinski definition) is 2. The molecule has 3 rings (SSSR count). The number of nitrogens with zero attached hydrogens (tertiary/aromatic N) is 1. The second-order valence-electron chi connectivity index (χ2n) is 7.62.